The predicted octanol–water partition coefficient (Wildman–Crippen LogP) is 1.94. The van der Waals surface area contributed by atoms with Crippen molar-refractivity contribution in [1.82, 2.24) is 4.90 Å². The molecule has 0 aliphatic rings. The molecule has 0 N–H and O–H groups in total. The normalized spacial score (nSPS) is 8.92. The summed E-state index contributed by atoms with van der Waals surface area (Å²) < 4.78 is 0. The van der Waals surface area contributed by atoms with Gasteiger partial charge in [0.15, 0.2) is 0 Å². The summed E-state index contributed by atoms with van der Waals surface area (Å²) in [7, 11) is 0. The van der Waals surface area contributed by atoms with Crippen molar-refractivity contribution in [2.75, 3.05) is 32.7 Å². The molecule has 0 fully saturated rings. The van der Waals surface area contributed by atoms with Crippen molar-refractivity contribution in [3.63, 3.8) is 0 Å². The Bertz CT molecular complexity index is 149. The van der Waals surface area contributed by atoms with Gasteiger partial charge < -0.3 is 4.90 Å². The van der Waals surface area contributed by atoms with Gasteiger partial charge in [-0.05, 0) is 20.0 Å². The Morgan fingerprint density at radius 3 is 2.15 bits per heavy atom. The van der Waals surface area contributed by atoms with Crippen molar-refractivity contribution in [2.45, 2.75) is 20.8 Å². The number of aliphatic imine (C=N–C) groups is 2. The molecule has 0 heterocycles. The Morgan fingerprint density at radius 1 is 1.08 bits per heavy atom. The molecule has 0 rings (SSSR count). The first kappa shape index (κ1) is 15.1. The summed E-state index contributed by atoms with van der Waals surface area (Å²) >= 11 is 0. The number of hydrogen-bond acceptors (Lipinski definition) is 3. The minimum absolute atomic E-state index is 0. The summed E-state index contributed by atoms with van der Waals surface area (Å²) in [6.07, 6.45) is 0. The first-order chi connectivity index (χ1) is 5.85. The van der Waals surface area contributed by atoms with Gasteiger partial charge in [-0.2, -0.15) is 0 Å². The van der Waals surface area contributed by atoms with Crippen molar-refractivity contribution < 1.29 is 0 Å². The predicted molar refractivity (Wildman–Crippen MR) is 60.3 cm³/mol. The minimum Gasteiger partial charge on any atom is -0.302 e. The van der Waals surface area contributed by atoms with E-state index in [0.717, 1.165) is 32.7 Å². The monoisotopic (exact) mass is 205 g/mol. The van der Waals surface area contributed by atoms with Crippen LogP contribution in [-0.2, 0) is 0 Å². The highest BCUT2D eigenvalue weighted by atomic mass is 35.5. The Morgan fingerprint density at radius 2 is 1.69 bits per heavy atom. The molecule has 0 aromatic rings. The molecule has 78 valence electrons. The molecule has 13 heavy (non-hydrogen) atoms. The largest absolute Gasteiger partial charge is 0.302 e. The van der Waals surface area contributed by atoms with E-state index in [-0.39, 0.29) is 12.4 Å². The average molecular weight is 206 g/mol. The molecule has 0 atom stereocenters. The summed E-state index contributed by atoms with van der Waals surface area (Å²) in [6, 6.07) is 2.66. The average Bonchev–Trinajstić information content (AvgIpc) is 2.11. The zero-order chi connectivity index (χ0) is 9.23. The van der Waals surface area contributed by atoms with Crippen molar-refractivity contribution in [3.8, 4) is 0 Å². The standard InChI is InChI=1S/C9H19N3.ClH/c1-4-10-9-11-7-8-12(5-2)6-3;/h4-8H2,1-3H3;1H. The molecular formula is C9H20ClN3. The second kappa shape index (κ2) is 11.6. The number of hydrogen-bond donors (Lipinski definition) is 0. The van der Waals surface area contributed by atoms with Gasteiger partial charge in [-0.1, -0.05) is 13.8 Å². The van der Waals surface area contributed by atoms with E-state index in [1.165, 1.54) is 0 Å². The lowest BCUT2D eigenvalue weighted by atomic mass is 10.5. The maximum absolute atomic E-state index is 4.04. The van der Waals surface area contributed by atoms with Gasteiger partial charge in [0.05, 0.1) is 12.6 Å². The number of nitrogens with zero attached hydrogens (tertiary/aromatic N) is 3. The quantitative estimate of drug-likeness (QED) is 0.610. The van der Waals surface area contributed by atoms with Crippen LogP contribution >= 0.6 is 12.4 Å². The van der Waals surface area contributed by atoms with Crippen molar-refractivity contribution >= 4 is 18.4 Å². The summed E-state index contributed by atoms with van der Waals surface area (Å²) in [5.74, 6) is 0. The van der Waals surface area contributed by atoms with E-state index in [1.807, 2.05) is 6.92 Å². The van der Waals surface area contributed by atoms with E-state index in [9.17, 15) is 0 Å². The molecule has 0 aromatic heterocycles. The zero-order valence-electron chi connectivity index (χ0n) is 8.79. The Balaban J connectivity index is 0. The fourth-order valence-electron chi connectivity index (χ4n) is 0.902. The van der Waals surface area contributed by atoms with Crippen LogP contribution in [0.25, 0.3) is 0 Å². The van der Waals surface area contributed by atoms with E-state index in [4.69, 9.17) is 0 Å². The molecule has 0 bridgehead atoms. The van der Waals surface area contributed by atoms with Gasteiger partial charge in [-0.3, -0.25) is 0 Å². The fourth-order valence-corrected chi connectivity index (χ4v) is 0.902. The van der Waals surface area contributed by atoms with Gasteiger partial charge >= 0.3 is 0 Å². The highest BCUT2D eigenvalue weighted by Gasteiger charge is 1.94. The van der Waals surface area contributed by atoms with Crippen LogP contribution in [0.2, 0.25) is 0 Å². The summed E-state index contributed by atoms with van der Waals surface area (Å²) in [5, 5.41) is 0. The maximum atomic E-state index is 4.04. The molecule has 0 saturated carbocycles. The molecule has 0 unspecified atom stereocenters. The van der Waals surface area contributed by atoms with Crippen LogP contribution < -0.4 is 0 Å². The molecule has 0 aliphatic heterocycles. The summed E-state index contributed by atoms with van der Waals surface area (Å²) in [5.41, 5.74) is 0. The molecule has 0 radical (unpaired) electrons. The third kappa shape index (κ3) is 9.54. The second-order valence-corrected chi connectivity index (χ2v) is 2.48. The molecule has 0 aliphatic carbocycles. The molecule has 0 aromatic carbocycles. The number of likely N-dealkylation sites (N-methyl/N-ethyl adjacent to an activating group) is 1. The second-order valence-electron chi connectivity index (χ2n) is 2.48. The summed E-state index contributed by atoms with van der Waals surface area (Å²) in [4.78, 5) is 10.3. The minimum atomic E-state index is 0. The van der Waals surface area contributed by atoms with Gasteiger partial charge in [0.1, 0.15) is 0 Å². The molecule has 0 spiro atoms. The summed E-state index contributed by atoms with van der Waals surface area (Å²) in [6.45, 7) is 11.1. The lowest BCUT2D eigenvalue weighted by Gasteiger charge is -2.15. The van der Waals surface area contributed by atoms with Gasteiger partial charge in [-0.15, -0.1) is 12.4 Å². The third-order valence-electron chi connectivity index (χ3n) is 1.72. The Hall–Kier alpha value is -0.370. The lowest BCUT2D eigenvalue weighted by molar-refractivity contribution is 0.313. The third-order valence-corrected chi connectivity index (χ3v) is 1.72. The van der Waals surface area contributed by atoms with Gasteiger partial charge in [0.25, 0.3) is 0 Å². The van der Waals surface area contributed by atoms with Crippen LogP contribution in [0, 0.1) is 0 Å². The van der Waals surface area contributed by atoms with Gasteiger partial charge in [0, 0.05) is 13.1 Å². The highest BCUT2D eigenvalue weighted by molar-refractivity contribution is 5.85. The molecule has 3 nitrogen and oxygen atoms in total. The maximum Gasteiger partial charge on any atom is 0.0892 e. The van der Waals surface area contributed by atoms with E-state index in [1.54, 1.807) is 0 Å². The van der Waals surface area contributed by atoms with Crippen LogP contribution in [0.4, 0.5) is 0 Å². The van der Waals surface area contributed by atoms with Crippen LogP contribution in [-0.4, -0.2) is 43.6 Å². The van der Waals surface area contributed by atoms with Crippen molar-refractivity contribution in [3.05, 3.63) is 0 Å². The fraction of sp³-hybridized carbons (Fsp3) is 0.889. The van der Waals surface area contributed by atoms with E-state index in [0.29, 0.717) is 0 Å². The van der Waals surface area contributed by atoms with Crippen LogP contribution in [0.3, 0.4) is 0 Å². The molecular weight excluding hydrogens is 186 g/mol. The first-order valence-corrected chi connectivity index (χ1v) is 4.65. The Kier molecular flexibility index (Phi) is 13.5. The first-order valence-electron chi connectivity index (χ1n) is 4.65. The van der Waals surface area contributed by atoms with E-state index >= 15 is 0 Å². The lowest BCUT2D eigenvalue weighted by Crippen LogP contribution is -2.25. The van der Waals surface area contributed by atoms with Gasteiger partial charge in [0.2, 0.25) is 0 Å². The molecule has 0 saturated heterocycles. The van der Waals surface area contributed by atoms with Gasteiger partial charge in [-0.25, -0.2) is 9.98 Å². The van der Waals surface area contributed by atoms with Crippen LogP contribution in [0.5, 0.6) is 0 Å². The zero-order valence-corrected chi connectivity index (χ0v) is 9.60. The SMILES string of the molecule is CCN=C=NCCN(CC)CC.Cl. The van der Waals surface area contributed by atoms with Crippen molar-refractivity contribution in [2.24, 2.45) is 9.98 Å². The van der Waals surface area contributed by atoms with Crippen molar-refractivity contribution in [1.29, 1.82) is 0 Å². The number of rotatable bonds is 6. The smallest absolute Gasteiger partial charge is 0.0892 e. The molecule has 0 amide bonds. The van der Waals surface area contributed by atoms with E-state index in [2.05, 4.69) is 34.7 Å². The molecule has 4 heteroatoms. The van der Waals surface area contributed by atoms with Crippen LogP contribution in [0.1, 0.15) is 20.8 Å². The highest BCUT2D eigenvalue weighted by Crippen LogP contribution is 1.85. The number of halogens is 1. The topological polar surface area (TPSA) is 28.0 Å². The van der Waals surface area contributed by atoms with E-state index < -0.39 is 0 Å². The van der Waals surface area contributed by atoms with Crippen LogP contribution in [0.15, 0.2) is 9.98 Å². The Labute approximate surface area is 87.4 Å².